The lowest BCUT2D eigenvalue weighted by Gasteiger charge is -2.27. The molecule has 0 spiro atoms. The second-order valence-corrected chi connectivity index (χ2v) is 5.95. The first kappa shape index (κ1) is 13.4. The summed E-state index contributed by atoms with van der Waals surface area (Å²) in [6.07, 6.45) is 1.15. The molecule has 20 heavy (non-hydrogen) atoms. The van der Waals surface area contributed by atoms with Crippen LogP contribution in [-0.2, 0) is 19.5 Å². The highest BCUT2D eigenvalue weighted by Crippen LogP contribution is 2.25. The molecule has 0 radical (unpaired) electrons. The Kier molecular flexibility index (Phi) is 4.17. The van der Waals surface area contributed by atoms with E-state index in [1.165, 1.54) is 16.0 Å². The van der Waals surface area contributed by atoms with Gasteiger partial charge in [-0.3, -0.25) is 4.90 Å². The van der Waals surface area contributed by atoms with Gasteiger partial charge in [-0.25, -0.2) is 0 Å². The SMILES string of the molecule is OCC#Cc1ccccc1CN1CCc2sccc2C1. The van der Waals surface area contributed by atoms with Gasteiger partial charge in [0.05, 0.1) is 0 Å². The summed E-state index contributed by atoms with van der Waals surface area (Å²) in [5.41, 5.74) is 3.74. The third-order valence-corrected chi connectivity index (χ3v) is 4.62. The average Bonchev–Trinajstić information content (AvgIpc) is 2.94. The Morgan fingerprint density at radius 3 is 3.05 bits per heavy atom. The van der Waals surface area contributed by atoms with Crippen molar-refractivity contribution < 1.29 is 5.11 Å². The van der Waals surface area contributed by atoms with E-state index in [4.69, 9.17) is 5.11 Å². The Bertz CT molecular complexity index is 650. The predicted molar refractivity (Wildman–Crippen MR) is 82.5 cm³/mol. The second-order valence-electron chi connectivity index (χ2n) is 4.95. The molecule has 0 unspecified atom stereocenters. The molecule has 0 aliphatic carbocycles. The van der Waals surface area contributed by atoms with E-state index in [9.17, 15) is 0 Å². The quantitative estimate of drug-likeness (QED) is 0.857. The molecule has 1 aromatic carbocycles. The van der Waals surface area contributed by atoms with E-state index in [1.807, 2.05) is 23.5 Å². The smallest absolute Gasteiger partial charge is 0.104 e. The van der Waals surface area contributed by atoms with Gasteiger partial charge in [0.15, 0.2) is 0 Å². The van der Waals surface area contributed by atoms with E-state index in [2.05, 4.69) is 40.3 Å². The van der Waals surface area contributed by atoms with Crippen molar-refractivity contribution in [1.29, 1.82) is 0 Å². The van der Waals surface area contributed by atoms with Crippen molar-refractivity contribution in [2.45, 2.75) is 19.5 Å². The van der Waals surface area contributed by atoms with Gasteiger partial charge in [0, 0.05) is 30.1 Å². The second kappa shape index (κ2) is 6.23. The van der Waals surface area contributed by atoms with Crippen LogP contribution in [0.1, 0.15) is 21.6 Å². The van der Waals surface area contributed by atoms with Crippen LogP contribution in [0.15, 0.2) is 35.7 Å². The molecule has 1 aromatic heterocycles. The molecular formula is C17H17NOS. The van der Waals surface area contributed by atoms with Crippen LogP contribution in [-0.4, -0.2) is 23.2 Å². The van der Waals surface area contributed by atoms with Gasteiger partial charge in [0.25, 0.3) is 0 Å². The Morgan fingerprint density at radius 2 is 2.15 bits per heavy atom. The van der Waals surface area contributed by atoms with E-state index < -0.39 is 0 Å². The Hall–Kier alpha value is -1.60. The summed E-state index contributed by atoms with van der Waals surface area (Å²) in [5.74, 6) is 5.78. The maximum absolute atomic E-state index is 8.84. The van der Waals surface area contributed by atoms with Gasteiger partial charge in [0.2, 0.25) is 0 Å². The highest BCUT2D eigenvalue weighted by Gasteiger charge is 2.17. The first-order chi connectivity index (χ1) is 9.86. The molecule has 102 valence electrons. The predicted octanol–water partition coefficient (Wildman–Crippen LogP) is 2.65. The van der Waals surface area contributed by atoms with Crippen molar-refractivity contribution in [3.05, 3.63) is 57.3 Å². The highest BCUT2D eigenvalue weighted by atomic mass is 32.1. The molecule has 2 heterocycles. The van der Waals surface area contributed by atoms with E-state index >= 15 is 0 Å². The van der Waals surface area contributed by atoms with Crippen molar-refractivity contribution >= 4 is 11.3 Å². The van der Waals surface area contributed by atoms with Crippen LogP contribution >= 0.6 is 11.3 Å². The van der Waals surface area contributed by atoms with E-state index in [-0.39, 0.29) is 6.61 Å². The lowest BCUT2D eigenvalue weighted by molar-refractivity contribution is 0.247. The van der Waals surface area contributed by atoms with Crippen LogP contribution in [0.5, 0.6) is 0 Å². The molecule has 2 nitrogen and oxygen atoms in total. The number of fused-ring (bicyclic) bond motifs is 1. The zero-order chi connectivity index (χ0) is 13.8. The fourth-order valence-electron chi connectivity index (χ4n) is 2.60. The molecule has 1 aliphatic rings. The minimum absolute atomic E-state index is 0.0870. The van der Waals surface area contributed by atoms with Crippen LogP contribution in [0, 0.1) is 11.8 Å². The fraction of sp³-hybridized carbons (Fsp3) is 0.294. The zero-order valence-corrected chi connectivity index (χ0v) is 12.1. The van der Waals surface area contributed by atoms with Crippen molar-refractivity contribution in [3.8, 4) is 11.8 Å². The lowest BCUT2D eigenvalue weighted by atomic mass is 10.0. The van der Waals surface area contributed by atoms with Crippen LogP contribution in [0.4, 0.5) is 0 Å². The molecule has 3 rings (SSSR count). The molecule has 0 amide bonds. The third-order valence-electron chi connectivity index (χ3n) is 3.60. The minimum atomic E-state index is -0.0870. The first-order valence-electron chi connectivity index (χ1n) is 6.82. The number of hydrogen-bond donors (Lipinski definition) is 1. The summed E-state index contributed by atoms with van der Waals surface area (Å²) in [5, 5.41) is 11.0. The highest BCUT2D eigenvalue weighted by molar-refractivity contribution is 7.10. The van der Waals surface area contributed by atoms with Gasteiger partial charge in [-0.15, -0.1) is 11.3 Å². The van der Waals surface area contributed by atoms with Crippen molar-refractivity contribution in [2.75, 3.05) is 13.2 Å². The summed E-state index contributed by atoms with van der Waals surface area (Å²) in [6, 6.07) is 10.4. The van der Waals surface area contributed by atoms with Gasteiger partial charge >= 0.3 is 0 Å². The fourth-order valence-corrected chi connectivity index (χ4v) is 3.49. The van der Waals surface area contributed by atoms with E-state index in [0.717, 1.165) is 31.6 Å². The van der Waals surface area contributed by atoms with Gasteiger partial charge < -0.3 is 5.11 Å². The molecule has 1 aliphatic heterocycles. The van der Waals surface area contributed by atoms with Crippen LogP contribution < -0.4 is 0 Å². The molecule has 0 fully saturated rings. The summed E-state index contributed by atoms with van der Waals surface area (Å²) >= 11 is 1.87. The van der Waals surface area contributed by atoms with Crippen LogP contribution in [0.3, 0.4) is 0 Å². The maximum Gasteiger partial charge on any atom is 0.104 e. The molecule has 0 saturated heterocycles. The summed E-state index contributed by atoms with van der Waals surface area (Å²) in [4.78, 5) is 4.00. The molecule has 1 N–H and O–H groups in total. The number of aliphatic hydroxyl groups is 1. The van der Waals surface area contributed by atoms with Crippen LogP contribution in [0.2, 0.25) is 0 Å². The van der Waals surface area contributed by atoms with Gasteiger partial charge in [-0.2, -0.15) is 0 Å². The molecule has 0 atom stereocenters. The summed E-state index contributed by atoms with van der Waals surface area (Å²) in [6.45, 7) is 2.97. The Balaban J connectivity index is 1.76. The number of nitrogens with zero attached hydrogens (tertiary/aromatic N) is 1. The lowest BCUT2D eigenvalue weighted by Crippen LogP contribution is -2.29. The van der Waals surface area contributed by atoms with Gasteiger partial charge in [0.1, 0.15) is 6.61 Å². The molecule has 2 aromatic rings. The van der Waals surface area contributed by atoms with E-state index in [0.29, 0.717) is 0 Å². The summed E-state index contributed by atoms with van der Waals surface area (Å²) < 4.78 is 0. The summed E-state index contributed by atoms with van der Waals surface area (Å²) in [7, 11) is 0. The van der Waals surface area contributed by atoms with Crippen molar-refractivity contribution in [1.82, 2.24) is 4.90 Å². The molecule has 0 bridgehead atoms. The van der Waals surface area contributed by atoms with Crippen LogP contribution in [0.25, 0.3) is 0 Å². The number of aliphatic hydroxyl groups excluding tert-OH is 1. The standard InChI is InChI=1S/C17H17NOS/c19-10-3-6-14-4-1-2-5-15(14)12-18-9-7-17-16(13-18)8-11-20-17/h1-2,4-5,8,11,19H,7,9-10,12-13H2. The first-order valence-corrected chi connectivity index (χ1v) is 7.70. The molecule has 0 saturated carbocycles. The Morgan fingerprint density at radius 1 is 1.25 bits per heavy atom. The average molecular weight is 283 g/mol. The number of benzene rings is 1. The van der Waals surface area contributed by atoms with Crippen molar-refractivity contribution in [2.24, 2.45) is 0 Å². The van der Waals surface area contributed by atoms with Crippen molar-refractivity contribution in [3.63, 3.8) is 0 Å². The minimum Gasteiger partial charge on any atom is -0.384 e. The van der Waals surface area contributed by atoms with Gasteiger partial charge in [-0.05, 0) is 35.1 Å². The molecule has 3 heteroatoms. The number of hydrogen-bond acceptors (Lipinski definition) is 3. The Labute approximate surface area is 123 Å². The molecular weight excluding hydrogens is 266 g/mol. The third kappa shape index (κ3) is 2.94. The largest absolute Gasteiger partial charge is 0.384 e. The zero-order valence-electron chi connectivity index (χ0n) is 11.3. The monoisotopic (exact) mass is 283 g/mol. The number of thiophene rings is 1. The van der Waals surface area contributed by atoms with E-state index in [1.54, 1.807) is 0 Å². The number of rotatable bonds is 2. The van der Waals surface area contributed by atoms with Gasteiger partial charge in [-0.1, -0.05) is 30.0 Å². The maximum atomic E-state index is 8.84. The normalized spacial score (nSPS) is 14.4. The topological polar surface area (TPSA) is 23.5 Å².